The van der Waals surface area contributed by atoms with Crippen LogP contribution in [0.3, 0.4) is 0 Å². The fourth-order valence-corrected chi connectivity index (χ4v) is 5.34. The van der Waals surface area contributed by atoms with E-state index in [0.717, 1.165) is 67.5 Å². The van der Waals surface area contributed by atoms with Gasteiger partial charge in [0.05, 0.1) is 11.1 Å². The van der Waals surface area contributed by atoms with Crippen molar-refractivity contribution in [3.05, 3.63) is 126 Å². The first kappa shape index (κ1) is 31.3. The molecule has 0 aliphatic heterocycles. The average molecular weight is 754 g/mol. The van der Waals surface area contributed by atoms with Gasteiger partial charge in [-0.25, -0.2) is 0 Å². The molecule has 44 heavy (non-hydrogen) atoms. The van der Waals surface area contributed by atoms with E-state index in [9.17, 15) is 0 Å². The molecule has 0 N–H and O–H groups in total. The summed E-state index contributed by atoms with van der Waals surface area (Å²) in [6.07, 6.45) is 4.84. The Bertz CT molecular complexity index is 2060. The summed E-state index contributed by atoms with van der Waals surface area (Å²) in [5, 5.41) is 3.21. The SMILES string of the molecule is Cc1ccc(-c2[c-]cccc2)nc1.Cc1ccc2c(ccc3c4cc[c-]c(-c5cc(CC(C)(C)C)c(C)cn5)c4oc23)n1.[Ir]. The molecule has 0 fully saturated rings. The maximum absolute atomic E-state index is 6.45. The molecule has 5 heteroatoms. The predicted octanol–water partition coefficient (Wildman–Crippen LogP) is 10.1. The third-order valence-electron chi connectivity index (χ3n) is 7.49. The van der Waals surface area contributed by atoms with Gasteiger partial charge < -0.3 is 14.4 Å². The molecule has 0 atom stereocenters. The minimum Gasteiger partial charge on any atom is -0.500 e. The Morgan fingerprint density at radius 2 is 1.50 bits per heavy atom. The number of aryl methyl sites for hydroxylation is 3. The Morgan fingerprint density at radius 1 is 0.727 bits per heavy atom. The molecular weight excluding hydrogens is 719 g/mol. The molecule has 0 saturated carbocycles. The molecule has 7 rings (SSSR count). The molecule has 0 unspecified atom stereocenters. The molecular formula is C39H35IrN3O-2. The monoisotopic (exact) mass is 754 g/mol. The molecule has 7 aromatic rings. The van der Waals surface area contributed by atoms with Crippen molar-refractivity contribution >= 4 is 32.8 Å². The van der Waals surface area contributed by atoms with E-state index < -0.39 is 0 Å². The van der Waals surface area contributed by atoms with Gasteiger partial charge in [0.2, 0.25) is 0 Å². The van der Waals surface area contributed by atoms with E-state index >= 15 is 0 Å². The number of hydrogen-bond acceptors (Lipinski definition) is 4. The quantitative estimate of drug-likeness (QED) is 0.169. The number of rotatable bonds is 3. The molecule has 0 aliphatic carbocycles. The van der Waals surface area contributed by atoms with E-state index in [1.807, 2.05) is 68.7 Å². The van der Waals surface area contributed by atoms with Gasteiger partial charge in [-0.05, 0) is 79.4 Å². The van der Waals surface area contributed by atoms with Crippen molar-refractivity contribution in [1.82, 2.24) is 15.0 Å². The van der Waals surface area contributed by atoms with Crippen LogP contribution in [0.5, 0.6) is 0 Å². The van der Waals surface area contributed by atoms with E-state index in [-0.39, 0.29) is 25.5 Å². The largest absolute Gasteiger partial charge is 0.500 e. The van der Waals surface area contributed by atoms with Crippen LogP contribution in [0.2, 0.25) is 0 Å². The van der Waals surface area contributed by atoms with Gasteiger partial charge >= 0.3 is 0 Å². The van der Waals surface area contributed by atoms with Gasteiger partial charge in [-0.3, -0.25) is 4.98 Å². The first-order valence-corrected chi connectivity index (χ1v) is 14.7. The van der Waals surface area contributed by atoms with Crippen LogP contribution >= 0.6 is 0 Å². The molecule has 0 aliphatic rings. The van der Waals surface area contributed by atoms with Crippen molar-refractivity contribution in [3.8, 4) is 22.5 Å². The molecule has 0 spiro atoms. The molecule has 223 valence electrons. The number of fused-ring (bicyclic) bond motifs is 5. The first-order valence-electron chi connectivity index (χ1n) is 14.7. The molecule has 0 saturated heterocycles. The number of pyridine rings is 3. The second kappa shape index (κ2) is 12.8. The Kier molecular flexibility index (Phi) is 9.10. The van der Waals surface area contributed by atoms with Gasteiger partial charge in [0.15, 0.2) is 0 Å². The molecule has 3 aromatic carbocycles. The van der Waals surface area contributed by atoms with Crippen LogP contribution in [0.1, 0.15) is 43.2 Å². The maximum atomic E-state index is 6.45. The zero-order valence-electron chi connectivity index (χ0n) is 26.0. The van der Waals surface area contributed by atoms with E-state index in [2.05, 4.69) is 86.2 Å². The van der Waals surface area contributed by atoms with Crippen LogP contribution in [0, 0.1) is 38.3 Å². The van der Waals surface area contributed by atoms with Crippen LogP contribution in [0.15, 0.2) is 95.7 Å². The number of benzene rings is 3. The summed E-state index contributed by atoms with van der Waals surface area (Å²) in [6.45, 7) is 13.0. The molecule has 0 amide bonds. The predicted molar refractivity (Wildman–Crippen MR) is 177 cm³/mol. The summed E-state index contributed by atoms with van der Waals surface area (Å²) >= 11 is 0. The summed E-state index contributed by atoms with van der Waals surface area (Å²) in [5.74, 6) is 0. The van der Waals surface area contributed by atoms with E-state index in [1.165, 1.54) is 16.7 Å². The Morgan fingerprint density at radius 3 is 2.23 bits per heavy atom. The summed E-state index contributed by atoms with van der Waals surface area (Å²) in [6, 6.07) is 33.0. The summed E-state index contributed by atoms with van der Waals surface area (Å²) < 4.78 is 6.45. The van der Waals surface area contributed by atoms with Crippen LogP contribution in [-0.2, 0) is 26.5 Å². The second-order valence-electron chi connectivity index (χ2n) is 12.4. The minimum absolute atomic E-state index is 0. The average Bonchev–Trinajstić information content (AvgIpc) is 3.38. The fourth-order valence-electron chi connectivity index (χ4n) is 5.34. The fraction of sp³-hybridized carbons (Fsp3) is 0.205. The van der Waals surface area contributed by atoms with Crippen LogP contribution < -0.4 is 0 Å². The topological polar surface area (TPSA) is 51.8 Å². The standard InChI is InChI=1S/C27H25N2O.C12H10N.Ir/c1-16-15-28-24(13-18(16)14-27(3,4)5)21-8-6-7-19-20-11-12-23-22(10-9-17(2)29-23)26(20)30-25(19)21;1-10-7-8-12(13-9-10)11-5-3-2-4-6-11;/h6-7,9-13,15H,14H2,1-5H3;2-5,7-9H,1H3;/q2*-1;. The molecule has 1 radical (unpaired) electrons. The van der Waals surface area contributed by atoms with Gasteiger partial charge in [-0.2, -0.15) is 0 Å². The summed E-state index contributed by atoms with van der Waals surface area (Å²) in [4.78, 5) is 13.7. The molecule has 0 bridgehead atoms. The van der Waals surface area contributed by atoms with E-state index in [4.69, 9.17) is 9.40 Å². The van der Waals surface area contributed by atoms with Gasteiger partial charge in [-0.15, -0.1) is 54.1 Å². The van der Waals surface area contributed by atoms with E-state index in [0.29, 0.717) is 0 Å². The van der Waals surface area contributed by atoms with Crippen LogP contribution in [-0.4, -0.2) is 15.0 Å². The Hall–Kier alpha value is -4.18. The number of furan rings is 1. The van der Waals surface area contributed by atoms with Gasteiger partial charge in [0, 0.05) is 49.0 Å². The summed E-state index contributed by atoms with van der Waals surface area (Å²) in [7, 11) is 0. The van der Waals surface area contributed by atoms with Crippen LogP contribution in [0.4, 0.5) is 0 Å². The van der Waals surface area contributed by atoms with Crippen molar-refractivity contribution in [1.29, 1.82) is 0 Å². The zero-order valence-corrected chi connectivity index (χ0v) is 28.3. The molecule has 4 heterocycles. The van der Waals surface area contributed by atoms with Crippen molar-refractivity contribution in [3.63, 3.8) is 0 Å². The number of nitrogens with zero attached hydrogens (tertiary/aromatic N) is 3. The first-order chi connectivity index (χ1) is 20.7. The smallest absolute Gasteiger partial charge is 0.130 e. The van der Waals surface area contributed by atoms with Gasteiger partial charge in [0.1, 0.15) is 5.58 Å². The zero-order chi connectivity index (χ0) is 30.1. The van der Waals surface area contributed by atoms with Gasteiger partial charge in [-0.1, -0.05) is 55.5 Å². The van der Waals surface area contributed by atoms with Crippen molar-refractivity contribution < 1.29 is 24.5 Å². The second-order valence-corrected chi connectivity index (χ2v) is 12.4. The minimum atomic E-state index is 0. The van der Waals surface area contributed by atoms with Crippen LogP contribution in [0.25, 0.3) is 55.4 Å². The van der Waals surface area contributed by atoms with Crippen molar-refractivity contribution in [2.45, 2.75) is 48.0 Å². The van der Waals surface area contributed by atoms with E-state index in [1.54, 1.807) is 0 Å². The third-order valence-corrected chi connectivity index (χ3v) is 7.49. The van der Waals surface area contributed by atoms with Gasteiger partial charge in [0.25, 0.3) is 0 Å². The number of aromatic nitrogens is 3. The Labute approximate surface area is 273 Å². The van der Waals surface area contributed by atoms with Crippen molar-refractivity contribution in [2.24, 2.45) is 5.41 Å². The molecule has 4 aromatic heterocycles. The normalized spacial score (nSPS) is 11.3. The Balaban J connectivity index is 0.000000230. The summed E-state index contributed by atoms with van der Waals surface area (Å²) in [5.41, 5.74) is 11.4. The number of hydrogen-bond donors (Lipinski definition) is 0. The third kappa shape index (κ3) is 6.65. The molecule has 4 nitrogen and oxygen atoms in total. The maximum Gasteiger partial charge on any atom is 0.130 e. The van der Waals surface area contributed by atoms with Crippen molar-refractivity contribution in [2.75, 3.05) is 0 Å².